The summed E-state index contributed by atoms with van der Waals surface area (Å²) in [5.41, 5.74) is 6.18. The number of nitrogens with one attached hydrogen (secondary N) is 2. The molecule has 8 nitrogen and oxygen atoms in total. The Labute approximate surface area is 199 Å². The van der Waals surface area contributed by atoms with Crippen LogP contribution in [0.5, 0.6) is 0 Å². The summed E-state index contributed by atoms with van der Waals surface area (Å²) in [4.78, 5) is 52.8. The number of ketones is 1. The zero-order chi connectivity index (χ0) is 25.0. The molecule has 8 heteroatoms. The lowest BCUT2D eigenvalue weighted by Gasteiger charge is -2.41. The van der Waals surface area contributed by atoms with E-state index in [1.807, 2.05) is 13.8 Å². The van der Waals surface area contributed by atoms with Gasteiger partial charge in [-0.05, 0) is 38.0 Å². The number of carbonyl (C=O) groups excluding carboxylic acids is 4. The van der Waals surface area contributed by atoms with Gasteiger partial charge in [-0.1, -0.05) is 59.0 Å². The standard InChI is InChI=1S/C25H44N4O4/c1-6-9-13-19(20(30)23(32)27-16-7-2)28-22(31)18(4)29(17-8-3)24(33)21(26)25(5)14-11-10-12-15-25/h7,18-19,21H,2,6,8-17,26H2,1,3-5H3,(H,27,32)(H,28,31)/t18-,19?,21+/m0/s1. The minimum atomic E-state index is -0.937. The quantitative estimate of drug-likeness (QED) is 0.269. The Morgan fingerprint density at radius 2 is 1.76 bits per heavy atom. The van der Waals surface area contributed by atoms with Gasteiger partial charge in [0.05, 0.1) is 12.1 Å². The molecule has 0 bridgehead atoms. The average Bonchev–Trinajstić information content (AvgIpc) is 2.81. The highest BCUT2D eigenvalue weighted by Crippen LogP contribution is 2.38. The van der Waals surface area contributed by atoms with Gasteiger partial charge in [-0.3, -0.25) is 19.2 Å². The van der Waals surface area contributed by atoms with Gasteiger partial charge in [0.15, 0.2) is 0 Å². The van der Waals surface area contributed by atoms with E-state index in [4.69, 9.17) is 5.73 Å². The summed E-state index contributed by atoms with van der Waals surface area (Å²) in [6, 6.07) is -2.42. The van der Waals surface area contributed by atoms with Crippen molar-refractivity contribution >= 4 is 23.5 Å². The zero-order valence-corrected chi connectivity index (χ0v) is 21.0. The van der Waals surface area contributed by atoms with E-state index in [1.165, 1.54) is 11.0 Å². The number of carbonyl (C=O) groups is 4. The van der Waals surface area contributed by atoms with E-state index < -0.39 is 35.7 Å². The fourth-order valence-corrected chi connectivity index (χ4v) is 4.40. The van der Waals surface area contributed by atoms with E-state index in [-0.39, 0.29) is 17.9 Å². The Hall–Kier alpha value is -2.22. The summed E-state index contributed by atoms with van der Waals surface area (Å²) in [6.07, 6.45) is 9.06. The van der Waals surface area contributed by atoms with Crippen molar-refractivity contribution in [3.63, 3.8) is 0 Å². The molecule has 1 aliphatic carbocycles. The highest BCUT2D eigenvalue weighted by atomic mass is 16.2. The lowest BCUT2D eigenvalue weighted by molar-refractivity contribution is -0.145. The molecule has 33 heavy (non-hydrogen) atoms. The smallest absolute Gasteiger partial charge is 0.289 e. The van der Waals surface area contributed by atoms with Gasteiger partial charge in [-0.15, -0.1) is 6.58 Å². The molecule has 4 N–H and O–H groups in total. The van der Waals surface area contributed by atoms with Crippen molar-refractivity contribution < 1.29 is 19.2 Å². The van der Waals surface area contributed by atoms with Crippen LogP contribution in [0, 0.1) is 5.41 Å². The van der Waals surface area contributed by atoms with Gasteiger partial charge in [0.2, 0.25) is 17.6 Å². The van der Waals surface area contributed by atoms with Crippen LogP contribution in [0.15, 0.2) is 12.7 Å². The molecule has 3 amide bonds. The Balaban J connectivity index is 2.97. The Bertz CT molecular complexity index is 688. The number of hydrogen-bond acceptors (Lipinski definition) is 5. The summed E-state index contributed by atoms with van der Waals surface area (Å²) in [5, 5.41) is 5.19. The molecule has 1 unspecified atom stereocenters. The number of Topliss-reactive ketones (excluding diaryl/α,β-unsaturated/α-hetero) is 1. The Morgan fingerprint density at radius 1 is 1.12 bits per heavy atom. The van der Waals surface area contributed by atoms with Gasteiger partial charge < -0.3 is 21.3 Å². The van der Waals surface area contributed by atoms with Gasteiger partial charge in [0, 0.05) is 13.1 Å². The van der Waals surface area contributed by atoms with E-state index in [0.29, 0.717) is 25.8 Å². The van der Waals surface area contributed by atoms with Crippen LogP contribution in [0.2, 0.25) is 0 Å². The first kappa shape index (κ1) is 28.8. The molecule has 0 aromatic heterocycles. The number of nitrogens with zero attached hydrogens (tertiary/aromatic N) is 1. The lowest BCUT2D eigenvalue weighted by atomic mass is 9.70. The van der Waals surface area contributed by atoms with Crippen LogP contribution in [0.1, 0.15) is 85.5 Å². The predicted molar refractivity (Wildman–Crippen MR) is 130 cm³/mol. The molecule has 1 saturated carbocycles. The third-order valence-corrected chi connectivity index (χ3v) is 6.72. The topological polar surface area (TPSA) is 122 Å². The molecule has 0 radical (unpaired) electrons. The van der Waals surface area contributed by atoms with Crippen molar-refractivity contribution in [2.45, 2.75) is 104 Å². The molecule has 0 aliphatic heterocycles. The maximum absolute atomic E-state index is 13.4. The van der Waals surface area contributed by atoms with Crippen molar-refractivity contribution in [1.82, 2.24) is 15.5 Å². The third-order valence-electron chi connectivity index (χ3n) is 6.72. The second-order valence-corrected chi connectivity index (χ2v) is 9.47. The van der Waals surface area contributed by atoms with Crippen molar-refractivity contribution in [1.29, 1.82) is 0 Å². The van der Waals surface area contributed by atoms with E-state index in [2.05, 4.69) is 24.1 Å². The minimum Gasteiger partial charge on any atom is -0.346 e. The first-order valence-electron chi connectivity index (χ1n) is 12.4. The summed E-state index contributed by atoms with van der Waals surface area (Å²) in [7, 11) is 0. The van der Waals surface area contributed by atoms with Gasteiger partial charge in [-0.25, -0.2) is 0 Å². The zero-order valence-electron chi connectivity index (χ0n) is 21.0. The molecule has 188 valence electrons. The highest BCUT2D eigenvalue weighted by molar-refractivity contribution is 6.38. The normalized spacial score (nSPS) is 17.8. The van der Waals surface area contributed by atoms with Crippen LogP contribution >= 0.6 is 0 Å². The summed E-state index contributed by atoms with van der Waals surface area (Å²) in [6.45, 7) is 11.7. The molecular weight excluding hydrogens is 420 g/mol. The average molecular weight is 465 g/mol. The number of unbranched alkanes of at least 4 members (excludes halogenated alkanes) is 1. The molecule has 1 rings (SSSR count). The molecule has 0 heterocycles. The molecule has 0 aromatic carbocycles. The van der Waals surface area contributed by atoms with Crippen LogP contribution < -0.4 is 16.4 Å². The van der Waals surface area contributed by atoms with Gasteiger partial charge in [0.25, 0.3) is 5.91 Å². The fraction of sp³-hybridized carbons (Fsp3) is 0.760. The second kappa shape index (κ2) is 14.1. The first-order chi connectivity index (χ1) is 15.6. The van der Waals surface area contributed by atoms with Gasteiger partial charge >= 0.3 is 0 Å². The minimum absolute atomic E-state index is 0.171. The van der Waals surface area contributed by atoms with E-state index in [9.17, 15) is 19.2 Å². The van der Waals surface area contributed by atoms with E-state index in [0.717, 1.165) is 38.5 Å². The second-order valence-electron chi connectivity index (χ2n) is 9.47. The van der Waals surface area contributed by atoms with Crippen LogP contribution in [0.25, 0.3) is 0 Å². The monoisotopic (exact) mass is 464 g/mol. The molecule has 0 aromatic rings. The molecule has 0 spiro atoms. The number of nitrogens with two attached hydrogens (primary N) is 1. The van der Waals surface area contributed by atoms with Crippen LogP contribution in [0.3, 0.4) is 0 Å². The SMILES string of the molecule is C=CCNC(=O)C(=O)C(CCCC)NC(=O)[C@H](C)N(CCC)C(=O)[C@@H](N)C1(C)CCCCC1. The van der Waals surface area contributed by atoms with Crippen molar-refractivity contribution in [2.24, 2.45) is 11.1 Å². The predicted octanol–water partition coefficient (Wildman–Crippen LogP) is 2.46. The first-order valence-corrected chi connectivity index (χ1v) is 12.4. The number of amides is 3. The summed E-state index contributed by atoms with van der Waals surface area (Å²) >= 11 is 0. The summed E-state index contributed by atoms with van der Waals surface area (Å²) in [5.74, 6) is -2.13. The third kappa shape index (κ3) is 8.25. The van der Waals surface area contributed by atoms with Crippen molar-refractivity contribution in [3.05, 3.63) is 12.7 Å². The molecule has 3 atom stereocenters. The van der Waals surface area contributed by atoms with Gasteiger partial charge in [-0.2, -0.15) is 0 Å². The fourth-order valence-electron chi connectivity index (χ4n) is 4.40. The maximum atomic E-state index is 13.4. The molecule has 1 aliphatic rings. The van der Waals surface area contributed by atoms with E-state index >= 15 is 0 Å². The van der Waals surface area contributed by atoms with Crippen LogP contribution in [-0.4, -0.2) is 59.6 Å². The maximum Gasteiger partial charge on any atom is 0.289 e. The highest BCUT2D eigenvalue weighted by Gasteiger charge is 2.41. The number of rotatable bonds is 14. The molecule has 0 saturated heterocycles. The Kier molecular flexibility index (Phi) is 12.3. The van der Waals surface area contributed by atoms with Crippen molar-refractivity contribution in [2.75, 3.05) is 13.1 Å². The Morgan fingerprint density at radius 3 is 2.30 bits per heavy atom. The molecular formula is C25H44N4O4. The number of hydrogen-bond donors (Lipinski definition) is 3. The molecule has 1 fully saturated rings. The van der Waals surface area contributed by atoms with E-state index in [1.54, 1.807) is 6.92 Å². The van der Waals surface area contributed by atoms with Crippen LogP contribution in [0.4, 0.5) is 0 Å². The van der Waals surface area contributed by atoms with Crippen LogP contribution in [-0.2, 0) is 19.2 Å². The van der Waals surface area contributed by atoms with Crippen molar-refractivity contribution in [3.8, 4) is 0 Å². The summed E-state index contributed by atoms with van der Waals surface area (Å²) < 4.78 is 0. The lowest BCUT2D eigenvalue weighted by Crippen LogP contribution is -2.59. The largest absolute Gasteiger partial charge is 0.346 e. The van der Waals surface area contributed by atoms with Gasteiger partial charge in [0.1, 0.15) is 6.04 Å².